The van der Waals surface area contributed by atoms with Gasteiger partial charge in [0.25, 0.3) is 0 Å². The van der Waals surface area contributed by atoms with Gasteiger partial charge in [-0.15, -0.1) is 0 Å². The maximum absolute atomic E-state index is 11.7. The van der Waals surface area contributed by atoms with Gasteiger partial charge in [-0.2, -0.15) is 0 Å². The highest BCUT2D eigenvalue weighted by Gasteiger charge is 2.42. The number of nitrogens with two attached hydrogens (primary N) is 1. The van der Waals surface area contributed by atoms with E-state index in [4.69, 9.17) is 10.8 Å². The first-order valence-corrected chi connectivity index (χ1v) is 6.19. The number of nitrogens with one attached hydrogen (secondary N) is 1. The molecule has 4 nitrogen and oxygen atoms in total. The fraction of sp³-hybridized carbons (Fsp3) is 0.917. The molecule has 0 aromatic carbocycles. The van der Waals surface area contributed by atoms with E-state index in [1.807, 2.05) is 13.8 Å². The molecule has 0 aliphatic heterocycles. The van der Waals surface area contributed by atoms with Crippen LogP contribution in [0.25, 0.3) is 0 Å². The minimum Gasteiger partial charge on any atom is -0.396 e. The summed E-state index contributed by atoms with van der Waals surface area (Å²) in [5.74, 6) is 0.159. The largest absolute Gasteiger partial charge is 0.396 e. The Morgan fingerprint density at radius 1 is 1.56 bits per heavy atom. The summed E-state index contributed by atoms with van der Waals surface area (Å²) in [5.41, 5.74) is 6.00. The SMILES string of the molecule is CCC(C)C(N)C(=O)NCC1(CCO)CC1. The zero-order valence-corrected chi connectivity index (χ0v) is 10.3. The molecule has 0 aromatic heterocycles. The van der Waals surface area contributed by atoms with Crippen LogP contribution in [0, 0.1) is 11.3 Å². The van der Waals surface area contributed by atoms with Gasteiger partial charge in [-0.25, -0.2) is 0 Å². The molecule has 0 spiro atoms. The van der Waals surface area contributed by atoms with Crippen LogP contribution in [0.2, 0.25) is 0 Å². The van der Waals surface area contributed by atoms with Gasteiger partial charge in [-0.1, -0.05) is 20.3 Å². The number of amides is 1. The molecule has 4 heteroatoms. The molecule has 1 amide bonds. The van der Waals surface area contributed by atoms with Crippen molar-refractivity contribution in [1.29, 1.82) is 0 Å². The van der Waals surface area contributed by atoms with Gasteiger partial charge in [0.05, 0.1) is 6.04 Å². The number of rotatable bonds is 7. The molecule has 0 aromatic rings. The van der Waals surface area contributed by atoms with Crippen LogP contribution in [0.3, 0.4) is 0 Å². The average Bonchev–Trinajstić information content (AvgIpc) is 3.05. The highest BCUT2D eigenvalue weighted by atomic mass is 16.3. The fourth-order valence-corrected chi connectivity index (χ4v) is 1.83. The lowest BCUT2D eigenvalue weighted by Gasteiger charge is -2.20. The molecule has 4 N–H and O–H groups in total. The van der Waals surface area contributed by atoms with Crippen molar-refractivity contribution in [2.45, 2.75) is 45.6 Å². The molecule has 2 atom stereocenters. The lowest BCUT2D eigenvalue weighted by atomic mass is 9.98. The van der Waals surface area contributed by atoms with Gasteiger partial charge in [0.2, 0.25) is 5.91 Å². The van der Waals surface area contributed by atoms with Crippen LogP contribution in [0.4, 0.5) is 0 Å². The van der Waals surface area contributed by atoms with Crippen LogP contribution in [0.1, 0.15) is 39.5 Å². The van der Waals surface area contributed by atoms with Crippen molar-refractivity contribution in [3.05, 3.63) is 0 Å². The maximum Gasteiger partial charge on any atom is 0.237 e. The summed E-state index contributed by atoms with van der Waals surface area (Å²) in [6, 6.07) is -0.407. The van der Waals surface area contributed by atoms with E-state index < -0.39 is 6.04 Å². The number of aliphatic hydroxyl groups is 1. The second-order valence-corrected chi connectivity index (χ2v) is 5.10. The molecule has 2 unspecified atom stereocenters. The predicted octanol–water partition coefficient (Wildman–Crippen LogP) is 0.639. The fourth-order valence-electron chi connectivity index (χ4n) is 1.83. The van der Waals surface area contributed by atoms with Crippen molar-refractivity contribution >= 4 is 5.91 Å². The summed E-state index contributed by atoms with van der Waals surface area (Å²) in [7, 11) is 0. The van der Waals surface area contributed by atoms with Gasteiger partial charge in [0, 0.05) is 13.2 Å². The first-order chi connectivity index (χ1) is 7.54. The number of carbonyl (C=O) groups is 1. The van der Waals surface area contributed by atoms with E-state index in [-0.39, 0.29) is 23.8 Å². The van der Waals surface area contributed by atoms with Crippen LogP contribution in [0.5, 0.6) is 0 Å². The second kappa shape index (κ2) is 5.64. The topological polar surface area (TPSA) is 75.4 Å². The Kier molecular flexibility index (Phi) is 4.74. The van der Waals surface area contributed by atoms with Crippen LogP contribution < -0.4 is 11.1 Å². The van der Waals surface area contributed by atoms with Crippen molar-refractivity contribution < 1.29 is 9.90 Å². The summed E-state index contributed by atoms with van der Waals surface area (Å²) in [6.07, 6.45) is 3.90. The van der Waals surface area contributed by atoms with Gasteiger partial charge < -0.3 is 16.2 Å². The Morgan fingerprint density at radius 3 is 2.62 bits per heavy atom. The zero-order valence-electron chi connectivity index (χ0n) is 10.3. The first-order valence-electron chi connectivity index (χ1n) is 6.19. The average molecular weight is 228 g/mol. The third-order valence-electron chi connectivity index (χ3n) is 3.80. The van der Waals surface area contributed by atoms with Crippen LogP contribution in [-0.4, -0.2) is 30.2 Å². The van der Waals surface area contributed by atoms with Crippen LogP contribution >= 0.6 is 0 Å². The minimum atomic E-state index is -0.407. The third kappa shape index (κ3) is 3.46. The summed E-state index contributed by atoms with van der Waals surface area (Å²) >= 11 is 0. The van der Waals surface area contributed by atoms with Gasteiger partial charge >= 0.3 is 0 Å². The van der Waals surface area contributed by atoms with Crippen molar-refractivity contribution in [3.63, 3.8) is 0 Å². The monoisotopic (exact) mass is 228 g/mol. The Hall–Kier alpha value is -0.610. The molecule has 0 heterocycles. The molecule has 94 valence electrons. The molecule has 1 saturated carbocycles. The smallest absolute Gasteiger partial charge is 0.237 e. The zero-order chi connectivity index (χ0) is 12.2. The Labute approximate surface area is 97.6 Å². The number of hydrogen-bond donors (Lipinski definition) is 3. The van der Waals surface area contributed by atoms with E-state index in [9.17, 15) is 4.79 Å². The van der Waals surface area contributed by atoms with Crippen molar-refractivity contribution in [1.82, 2.24) is 5.32 Å². The van der Waals surface area contributed by atoms with Gasteiger partial charge in [-0.05, 0) is 30.6 Å². The van der Waals surface area contributed by atoms with E-state index in [1.54, 1.807) is 0 Å². The molecule has 1 aliphatic carbocycles. The van der Waals surface area contributed by atoms with Gasteiger partial charge in [0.15, 0.2) is 0 Å². The highest BCUT2D eigenvalue weighted by molar-refractivity contribution is 5.81. The van der Waals surface area contributed by atoms with E-state index in [0.29, 0.717) is 6.54 Å². The second-order valence-electron chi connectivity index (χ2n) is 5.10. The molecular weight excluding hydrogens is 204 g/mol. The summed E-state index contributed by atoms with van der Waals surface area (Å²) < 4.78 is 0. The molecule has 1 aliphatic rings. The lowest BCUT2D eigenvalue weighted by molar-refractivity contribution is -0.123. The molecule has 0 radical (unpaired) electrons. The quantitative estimate of drug-likeness (QED) is 0.598. The molecule has 0 saturated heterocycles. The van der Waals surface area contributed by atoms with E-state index >= 15 is 0 Å². The molecular formula is C12H24N2O2. The predicted molar refractivity (Wildman–Crippen MR) is 63.8 cm³/mol. The lowest BCUT2D eigenvalue weighted by Crippen LogP contribution is -2.46. The summed E-state index contributed by atoms with van der Waals surface area (Å²) in [6.45, 7) is 4.89. The first kappa shape index (κ1) is 13.5. The summed E-state index contributed by atoms with van der Waals surface area (Å²) in [5, 5.41) is 11.8. The number of aliphatic hydroxyl groups excluding tert-OH is 1. The number of carbonyl (C=O) groups excluding carboxylic acids is 1. The normalized spacial score (nSPS) is 21.2. The standard InChI is InChI=1S/C12H24N2O2/c1-3-9(2)10(13)11(16)14-8-12(4-5-12)6-7-15/h9-10,15H,3-8,13H2,1-2H3,(H,14,16). The van der Waals surface area contributed by atoms with E-state index in [2.05, 4.69) is 5.32 Å². The maximum atomic E-state index is 11.7. The third-order valence-corrected chi connectivity index (χ3v) is 3.80. The Bertz CT molecular complexity index is 239. The Morgan fingerprint density at radius 2 is 2.19 bits per heavy atom. The van der Waals surface area contributed by atoms with Crippen molar-refractivity contribution in [3.8, 4) is 0 Å². The van der Waals surface area contributed by atoms with E-state index in [1.165, 1.54) is 0 Å². The molecule has 16 heavy (non-hydrogen) atoms. The summed E-state index contributed by atoms with van der Waals surface area (Å²) in [4.78, 5) is 11.7. The molecule has 1 fully saturated rings. The molecule has 0 bridgehead atoms. The van der Waals surface area contributed by atoms with E-state index in [0.717, 1.165) is 25.7 Å². The Balaban J connectivity index is 2.30. The van der Waals surface area contributed by atoms with Crippen LogP contribution in [-0.2, 0) is 4.79 Å². The van der Waals surface area contributed by atoms with Gasteiger partial charge in [-0.3, -0.25) is 4.79 Å². The highest BCUT2D eigenvalue weighted by Crippen LogP contribution is 2.47. The van der Waals surface area contributed by atoms with Gasteiger partial charge in [0.1, 0.15) is 0 Å². The van der Waals surface area contributed by atoms with Crippen molar-refractivity contribution in [2.24, 2.45) is 17.1 Å². The molecule has 1 rings (SSSR count). The van der Waals surface area contributed by atoms with Crippen molar-refractivity contribution in [2.75, 3.05) is 13.2 Å². The van der Waals surface area contributed by atoms with Crippen LogP contribution in [0.15, 0.2) is 0 Å². The number of hydrogen-bond acceptors (Lipinski definition) is 3. The minimum absolute atomic E-state index is 0.0569.